The Morgan fingerprint density at radius 3 is 2.62 bits per heavy atom. The minimum absolute atomic E-state index is 0.0922. The van der Waals surface area contributed by atoms with Crippen LogP contribution in [0.4, 0.5) is 11.4 Å². The fourth-order valence-corrected chi connectivity index (χ4v) is 6.18. The summed E-state index contributed by atoms with van der Waals surface area (Å²) in [6, 6.07) is 8.84. The van der Waals surface area contributed by atoms with E-state index in [0.717, 1.165) is 17.0 Å². The molecule has 220 valence electrons. The Bertz CT molecular complexity index is 1750. The molecule has 3 heterocycles. The zero-order valence-electron chi connectivity index (χ0n) is 23.6. The fourth-order valence-electron chi connectivity index (χ4n) is 5.14. The third-order valence-corrected chi connectivity index (χ3v) is 8.09. The molecule has 12 nitrogen and oxygen atoms in total. The molecule has 0 bridgehead atoms. The van der Waals surface area contributed by atoms with E-state index in [1.165, 1.54) is 30.9 Å². The van der Waals surface area contributed by atoms with Gasteiger partial charge in [-0.25, -0.2) is 9.79 Å². The van der Waals surface area contributed by atoms with E-state index in [-0.39, 0.29) is 17.9 Å². The normalized spacial score (nSPS) is 17.0. The third-order valence-electron chi connectivity index (χ3n) is 7.11. The van der Waals surface area contributed by atoms with Gasteiger partial charge < -0.3 is 23.8 Å². The highest BCUT2D eigenvalue weighted by Gasteiger charge is 2.35. The summed E-state index contributed by atoms with van der Waals surface area (Å²) >= 11 is 1.14. The molecule has 42 heavy (non-hydrogen) atoms. The number of anilines is 1. The molecule has 0 aliphatic carbocycles. The van der Waals surface area contributed by atoms with Crippen molar-refractivity contribution in [3.63, 3.8) is 0 Å². The summed E-state index contributed by atoms with van der Waals surface area (Å²) in [6.07, 6.45) is 1.64. The Balaban J connectivity index is 1.76. The molecule has 1 aromatic heterocycles. The van der Waals surface area contributed by atoms with Gasteiger partial charge in [-0.05, 0) is 44.2 Å². The SMILES string of the molecule is CCOC(=O)C1=C(C)N=c2sc(=Cc3cc([N+](=O)[O-])ccc3N3CCOCC3)c(=O)n2C1c1cc(OC)ccc1OC. The molecule has 2 aromatic carbocycles. The lowest BCUT2D eigenvalue weighted by Crippen LogP contribution is -2.40. The highest BCUT2D eigenvalue weighted by molar-refractivity contribution is 7.07. The number of methoxy groups -OCH3 is 2. The second-order valence-corrected chi connectivity index (χ2v) is 10.5. The van der Waals surface area contributed by atoms with Crippen LogP contribution in [0.1, 0.15) is 31.0 Å². The second kappa shape index (κ2) is 12.2. The smallest absolute Gasteiger partial charge is 0.338 e. The van der Waals surface area contributed by atoms with E-state index in [1.54, 1.807) is 44.2 Å². The van der Waals surface area contributed by atoms with Crippen molar-refractivity contribution in [3.05, 3.63) is 88.6 Å². The number of carbonyl (C=O) groups excluding carboxylic acids is 1. The number of allylic oxidation sites excluding steroid dienone is 1. The first-order valence-electron chi connectivity index (χ1n) is 13.3. The number of carbonyl (C=O) groups is 1. The Kier molecular flexibility index (Phi) is 8.41. The predicted octanol–water partition coefficient (Wildman–Crippen LogP) is 2.56. The summed E-state index contributed by atoms with van der Waals surface area (Å²) in [7, 11) is 3.03. The van der Waals surface area contributed by atoms with E-state index < -0.39 is 22.5 Å². The summed E-state index contributed by atoms with van der Waals surface area (Å²) in [4.78, 5) is 45.7. The highest BCUT2D eigenvalue weighted by atomic mass is 32.1. The van der Waals surface area contributed by atoms with E-state index in [0.29, 0.717) is 64.0 Å². The van der Waals surface area contributed by atoms with Crippen molar-refractivity contribution in [2.75, 3.05) is 52.0 Å². The van der Waals surface area contributed by atoms with Crippen molar-refractivity contribution in [1.82, 2.24) is 4.57 Å². The quantitative estimate of drug-likeness (QED) is 0.219. The minimum Gasteiger partial charge on any atom is -0.497 e. The van der Waals surface area contributed by atoms with Crippen molar-refractivity contribution in [2.45, 2.75) is 19.9 Å². The summed E-state index contributed by atoms with van der Waals surface area (Å²) in [5.74, 6) is 0.355. The minimum atomic E-state index is -0.920. The van der Waals surface area contributed by atoms with Crippen LogP contribution in [0.2, 0.25) is 0 Å². The fraction of sp³-hybridized carbons (Fsp3) is 0.345. The number of fused-ring (bicyclic) bond motifs is 1. The van der Waals surface area contributed by atoms with Crippen LogP contribution < -0.4 is 29.3 Å². The van der Waals surface area contributed by atoms with E-state index in [9.17, 15) is 19.7 Å². The number of hydrogen-bond donors (Lipinski definition) is 0. The van der Waals surface area contributed by atoms with Crippen LogP contribution in [0, 0.1) is 10.1 Å². The molecule has 2 aliphatic heterocycles. The molecule has 0 radical (unpaired) electrons. The highest BCUT2D eigenvalue weighted by Crippen LogP contribution is 2.38. The number of non-ortho nitro benzene ring substituents is 1. The number of hydrogen-bond acceptors (Lipinski definition) is 11. The van der Waals surface area contributed by atoms with Crippen molar-refractivity contribution < 1.29 is 28.7 Å². The van der Waals surface area contributed by atoms with E-state index >= 15 is 0 Å². The number of benzene rings is 2. The van der Waals surface area contributed by atoms with Gasteiger partial charge in [-0.2, -0.15) is 0 Å². The van der Waals surface area contributed by atoms with Gasteiger partial charge in [0.15, 0.2) is 4.80 Å². The number of rotatable bonds is 8. The zero-order valence-corrected chi connectivity index (χ0v) is 24.4. The summed E-state index contributed by atoms with van der Waals surface area (Å²) in [5, 5.41) is 11.6. The van der Waals surface area contributed by atoms with Gasteiger partial charge in [-0.3, -0.25) is 19.5 Å². The molecule has 1 unspecified atom stereocenters. The number of thiazole rings is 1. The lowest BCUT2D eigenvalue weighted by atomic mass is 9.94. The number of aromatic nitrogens is 1. The van der Waals surface area contributed by atoms with Crippen molar-refractivity contribution in [1.29, 1.82) is 0 Å². The largest absolute Gasteiger partial charge is 0.497 e. The van der Waals surface area contributed by atoms with E-state index in [4.69, 9.17) is 18.9 Å². The Labute approximate surface area is 244 Å². The molecular formula is C29H30N4O8S. The molecule has 0 spiro atoms. The molecule has 3 aromatic rings. The molecule has 1 fully saturated rings. The monoisotopic (exact) mass is 594 g/mol. The van der Waals surface area contributed by atoms with Crippen molar-refractivity contribution in [3.8, 4) is 11.5 Å². The standard InChI is InChI=1S/C29H30N4O8S/c1-5-41-28(35)25-17(2)30-29-32(26(25)21-16-20(38-3)7-9-23(21)39-4)27(34)24(42-29)15-18-14-19(33(36)37)6-8-22(18)31-10-12-40-13-11-31/h6-9,14-16,26H,5,10-13H2,1-4H3. The van der Waals surface area contributed by atoms with Crippen LogP contribution >= 0.6 is 11.3 Å². The lowest BCUT2D eigenvalue weighted by Gasteiger charge is -2.30. The number of nitro groups is 1. The maximum absolute atomic E-state index is 14.2. The molecule has 0 N–H and O–H groups in total. The molecule has 13 heteroatoms. The summed E-state index contributed by atoms with van der Waals surface area (Å²) in [5.41, 5.74) is 1.89. The number of nitrogens with zero attached hydrogens (tertiary/aromatic N) is 4. The van der Waals surface area contributed by atoms with Crippen LogP contribution in [0.25, 0.3) is 6.08 Å². The number of morpholine rings is 1. The Morgan fingerprint density at radius 1 is 1.19 bits per heavy atom. The number of nitro benzene ring substituents is 1. The first kappa shape index (κ1) is 29.0. The summed E-state index contributed by atoms with van der Waals surface area (Å²) in [6.45, 7) is 5.80. The Hall–Kier alpha value is -4.49. The first-order valence-corrected chi connectivity index (χ1v) is 14.1. The molecule has 1 saturated heterocycles. The van der Waals surface area contributed by atoms with Gasteiger partial charge in [0.05, 0.1) is 54.8 Å². The number of esters is 1. The first-order chi connectivity index (χ1) is 20.3. The topological polar surface area (TPSA) is 135 Å². The van der Waals surface area contributed by atoms with Gasteiger partial charge in [0.25, 0.3) is 11.2 Å². The molecule has 0 amide bonds. The van der Waals surface area contributed by atoms with Gasteiger partial charge in [-0.1, -0.05) is 11.3 Å². The average Bonchev–Trinajstić information content (AvgIpc) is 3.30. The average molecular weight is 595 g/mol. The Morgan fingerprint density at radius 2 is 1.95 bits per heavy atom. The lowest BCUT2D eigenvalue weighted by molar-refractivity contribution is -0.384. The molecule has 5 rings (SSSR count). The van der Waals surface area contributed by atoms with Crippen LogP contribution in [0.5, 0.6) is 11.5 Å². The maximum Gasteiger partial charge on any atom is 0.338 e. The molecule has 0 saturated carbocycles. The van der Waals surface area contributed by atoms with Gasteiger partial charge in [0.1, 0.15) is 17.5 Å². The van der Waals surface area contributed by atoms with Crippen LogP contribution in [-0.2, 0) is 14.3 Å². The molecule has 1 atom stereocenters. The van der Waals surface area contributed by atoms with Crippen LogP contribution in [0.15, 0.2) is 57.5 Å². The summed E-state index contributed by atoms with van der Waals surface area (Å²) < 4.78 is 23.7. The van der Waals surface area contributed by atoms with Crippen LogP contribution in [0.3, 0.4) is 0 Å². The van der Waals surface area contributed by atoms with Crippen LogP contribution in [-0.4, -0.2) is 62.6 Å². The van der Waals surface area contributed by atoms with Gasteiger partial charge >= 0.3 is 5.97 Å². The van der Waals surface area contributed by atoms with Gasteiger partial charge in [0, 0.05) is 42.0 Å². The maximum atomic E-state index is 14.2. The number of ether oxygens (including phenoxy) is 4. The zero-order chi connectivity index (χ0) is 30.0. The van der Waals surface area contributed by atoms with Crippen molar-refractivity contribution >= 4 is 34.8 Å². The predicted molar refractivity (Wildman–Crippen MR) is 156 cm³/mol. The third kappa shape index (κ3) is 5.40. The van der Waals surface area contributed by atoms with E-state index in [1.807, 2.05) is 0 Å². The van der Waals surface area contributed by atoms with Crippen molar-refractivity contribution in [2.24, 2.45) is 4.99 Å². The van der Waals surface area contributed by atoms with Gasteiger partial charge in [0.2, 0.25) is 0 Å². The van der Waals surface area contributed by atoms with Gasteiger partial charge in [-0.15, -0.1) is 0 Å². The molecular weight excluding hydrogens is 564 g/mol. The van der Waals surface area contributed by atoms with E-state index in [2.05, 4.69) is 9.89 Å². The second-order valence-electron chi connectivity index (χ2n) is 9.51. The molecule has 2 aliphatic rings.